The third-order valence-electron chi connectivity index (χ3n) is 1.65. The average Bonchev–Trinajstić information content (AvgIpc) is 2.20. The van der Waals surface area contributed by atoms with E-state index in [1.54, 1.807) is 20.8 Å². The highest BCUT2D eigenvalue weighted by Gasteiger charge is 2.19. The molecular formula is C12H21NO4. The number of aliphatic hydroxyl groups is 1. The van der Waals surface area contributed by atoms with Gasteiger partial charge < -0.3 is 19.9 Å². The molecule has 5 nitrogen and oxygen atoms in total. The third kappa shape index (κ3) is 9.67. The molecule has 0 saturated heterocycles. The molecule has 2 N–H and O–H groups in total. The normalized spacial score (nSPS) is 12.6. The minimum atomic E-state index is -0.572. The van der Waals surface area contributed by atoms with Crippen molar-refractivity contribution in [3.05, 3.63) is 0 Å². The molecule has 0 saturated carbocycles. The second kappa shape index (κ2) is 7.93. The first kappa shape index (κ1) is 15.8. The van der Waals surface area contributed by atoms with Crippen molar-refractivity contribution in [2.45, 2.75) is 38.8 Å². The molecule has 0 fully saturated rings. The van der Waals surface area contributed by atoms with Gasteiger partial charge in [-0.05, 0) is 20.8 Å². The molecule has 0 rings (SSSR count). The van der Waals surface area contributed by atoms with E-state index in [9.17, 15) is 4.79 Å². The summed E-state index contributed by atoms with van der Waals surface area (Å²) < 4.78 is 10.2. The smallest absolute Gasteiger partial charge is 0.408 e. The van der Waals surface area contributed by atoms with Crippen LogP contribution in [0.15, 0.2) is 0 Å². The Labute approximate surface area is 102 Å². The molecule has 0 aromatic heterocycles. The second-order valence-corrected chi connectivity index (χ2v) is 4.55. The highest BCUT2D eigenvalue weighted by Crippen LogP contribution is 2.06. The van der Waals surface area contributed by atoms with E-state index < -0.39 is 17.7 Å². The van der Waals surface area contributed by atoms with E-state index in [1.807, 2.05) is 0 Å². The minimum absolute atomic E-state index is 0.206. The number of alkyl carbamates (subject to hydrolysis) is 1. The Morgan fingerprint density at radius 2 is 2.18 bits per heavy atom. The van der Waals surface area contributed by atoms with Crippen molar-refractivity contribution >= 4 is 6.09 Å². The van der Waals surface area contributed by atoms with E-state index in [0.29, 0.717) is 13.0 Å². The van der Waals surface area contributed by atoms with Crippen molar-refractivity contribution < 1.29 is 19.4 Å². The number of rotatable bonds is 6. The molecule has 0 spiro atoms. The van der Waals surface area contributed by atoms with E-state index >= 15 is 0 Å². The lowest BCUT2D eigenvalue weighted by atomic mass is 10.2. The Balaban J connectivity index is 3.88. The first-order valence-electron chi connectivity index (χ1n) is 5.50. The summed E-state index contributed by atoms with van der Waals surface area (Å²) in [6.07, 6.45) is 4.99. The maximum absolute atomic E-state index is 11.4. The zero-order chi connectivity index (χ0) is 13.3. The molecule has 0 radical (unpaired) electrons. The van der Waals surface area contributed by atoms with Crippen LogP contribution < -0.4 is 5.32 Å². The fraction of sp³-hybridized carbons (Fsp3) is 0.750. The Morgan fingerprint density at radius 1 is 1.53 bits per heavy atom. The largest absolute Gasteiger partial charge is 0.444 e. The number of terminal acetylenes is 1. The fourth-order valence-corrected chi connectivity index (χ4v) is 0.971. The van der Waals surface area contributed by atoms with Crippen LogP contribution >= 0.6 is 0 Å². The number of hydrogen-bond donors (Lipinski definition) is 2. The van der Waals surface area contributed by atoms with E-state index in [4.69, 9.17) is 21.0 Å². The van der Waals surface area contributed by atoms with Gasteiger partial charge in [0.25, 0.3) is 0 Å². The van der Waals surface area contributed by atoms with Gasteiger partial charge in [-0.2, -0.15) is 0 Å². The quantitative estimate of drug-likeness (QED) is 0.537. The number of carbonyl (C=O) groups is 1. The van der Waals surface area contributed by atoms with Gasteiger partial charge in [-0.15, -0.1) is 12.3 Å². The zero-order valence-electron chi connectivity index (χ0n) is 10.7. The SMILES string of the molecule is C#CCCOCC(CO)NC(=O)OC(C)(C)C. The Morgan fingerprint density at radius 3 is 2.65 bits per heavy atom. The molecule has 0 bridgehead atoms. The van der Waals surface area contributed by atoms with Gasteiger partial charge in [-0.1, -0.05) is 0 Å². The summed E-state index contributed by atoms with van der Waals surface area (Å²) in [7, 11) is 0. The maximum atomic E-state index is 11.4. The van der Waals surface area contributed by atoms with E-state index in [2.05, 4.69) is 11.2 Å². The molecule has 1 amide bonds. The van der Waals surface area contributed by atoms with Crippen LogP contribution in [-0.2, 0) is 9.47 Å². The second-order valence-electron chi connectivity index (χ2n) is 4.55. The van der Waals surface area contributed by atoms with Gasteiger partial charge in [0.1, 0.15) is 5.60 Å². The first-order chi connectivity index (χ1) is 7.89. The molecule has 0 aliphatic rings. The lowest BCUT2D eigenvalue weighted by molar-refractivity contribution is 0.0392. The number of carbonyl (C=O) groups excluding carboxylic acids is 1. The van der Waals surface area contributed by atoms with Crippen LogP contribution in [0, 0.1) is 12.3 Å². The number of aliphatic hydroxyl groups excluding tert-OH is 1. The highest BCUT2D eigenvalue weighted by molar-refractivity contribution is 5.68. The number of hydrogen-bond acceptors (Lipinski definition) is 4. The molecule has 0 heterocycles. The van der Waals surface area contributed by atoms with Crippen molar-refractivity contribution in [2.24, 2.45) is 0 Å². The molecule has 0 aromatic carbocycles. The van der Waals surface area contributed by atoms with Crippen molar-refractivity contribution in [1.82, 2.24) is 5.32 Å². The minimum Gasteiger partial charge on any atom is -0.444 e. The van der Waals surface area contributed by atoms with E-state index in [-0.39, 0.29) is 13.2 Å². The van der Waals surface area contributed by atoms with Crippen molar-refractivity contribution in [3.63, 3.8) is 0 Å². The number of amides is 1. The van der Waals surface area contributed by atoms with Gasteiger partial charge in [-0.3, -0.25) is 0 Å². The molecule has 0 aliphatic heterocycles. The van der Waals surface area contributed by atoms with Crippen LogP contribution in [0.1, 0.15) is 27.2 Å². The van der Waals surface area contributed by atoms with Crippen LogP contribution in [0.3, 0.4) is 0 Å². The Hall–Kier alpha value is -1.25. The standard InChI is InChI=1S/C12H21NO4/c1-5-6-7-16-9-10(8-14)13-11(15)17-12(2,3)4/h1,10,14H,6-9H2,2-4H3,(H,13,15). The van der Waals surface area contributed by atoms with Crippen molar-refractivity contribution in [1.29, 1.82) is 0 Å². The predicted molar refractivity (Wildman–Crippen MR) is 64.5 cm³/mol. The first-order valence-corrected chi connectivity index (χ1v) is 5.50. The summed E-state index contributed by atoms with van der Waals surface area (Å²) in [5.74, 6) is 2.43. The lowest BCUT2D eigenvalue weighted by Gasteiger charge is -2.22. The number of ether oxygens (including phenoxy) is 2. The van der Waals surface area contributed by atoms with Gasteiger partial charge >= 0.3 is 6.09 Å². The van der Waals surface area contributed by atoms with Crippen LogP contribution in [0.5, 0.6) is 0 Å². The van der Waals surface area contributed by atoms with E-state index in [0.717, 1.165) is 0 Å². The maximum Gasteiger partial charge on any atom is 0.408 e. The highest BCUT2D eigenvalue weighted by atomic mass is 16.6. The lowest BCUT2D eigenvalue weighted by Crippen LogP contribution is -2.43. The van der Waals surface area contributed by atoms with Gasteiger partial charge in [0.2, 0.25) is 0 Å². The molecule has 0 aliphatic carbocycles. The average molecular weight is 243 g/mol. The third-order valence-corrected chi connectivity index (χ3v) is 1.65. The number of nitrogens with one attached hydrogen (secondary N) is 1. The monoisotopic (exact) mass is 243 g/mol. The molecule has 98 valence electrons. The van der Waals surface area contributed by atoms with E-state index in [1.165, 1.54) is 0 Å². The topological polar surface area (TPSA) is 67.8 Å². The molecule has 5 heteroatoms. The molecule has 1 unspecified atom stereocenters. The fourth-order valence-electron chi connectivity index (χ4n) is 0.971. The predicted octanol–water partition coefficient (Wildman–Crippen LogP) is 0.912. The summed E-state index contributed by atoms with van der Waals surface area (Å²) >= 11 is 0. The summed E-state index contributed by atoms with van der Waals surface area (Å²) in [5, 5.41) is 11.6. The van der Waals surface area contributed by atoms with Crippen LogP contribution in [-0.4, -0.2) is 42.7 Å². The van der Waals surface area contributed by atoms with Gasteiger partial charge in [0, 0.05) is 6.42 Å². The molecule has 0 aromatic rings. The van der Waals surface area contributed by atoms with Crippen LogP contribution in [0.25, 0.3) is 0 Å². The molecular weight excluding hydrogens is 222 g/mol. The summed E-state index contributed by atoms with van der Waals surface area (Å²) in [6.45, 7) is 5.70. The molecule has 17 heavy (non-hydrogen) atoms. The Bertz CT molecular complexity index is 265. The Kier molecular flexibility index (Phi) is 7.35. The van der Waals surface area contributed by atoms with Gasteiger partial charge in [0.15, 0.2) is 0 Å². The zero-order valence-corrected chi connectivity index (χ0v) is 10.7. The van der Waals surface area contributed by atoms with Gasteiger partial charge in [0.05, 0.1) is 25.9 Å². The van der Waals surface area contributed by atoms with Crippen molar-refractivity contribution in [2.75, 3.05) is 19.8 Å². The summed E-state index contributed by atoms with van der Waals surface area (Å²) in [6, 6.07) is -0.484. The van der Waals surface area contributed by atoms with Gasteiger partial charge in [-0.25, -0.2) is 4.79 Å². The summed E-state index contributed by atoms with van der Waals surface area (Å²) in [5.41, 5.74) is -0.561. The summed E-state index contributed by atoms with van der Waals surface area (Å²) in [4.78, 5) is 11.4. The molecule has 1 atom stereocenters. The van der Waals surface area contributed by atoms with Crippen molar-refractivity contribution in [3.8, 4) is 12.3 Å². The van der Waals surface area contributed by atoms with Crippen LogP contribution in [0.4, 0.5) is 4.79 Å². The van der Waals surface area contributed by atoms with Crippen LogP contribution in [0.2, 0.25) is 0 Å².